The molecule has 2 rings (SSSR count). The van der Waals surface area contributed by atoms with Crippen LogP contribution < -0.4 is 10.1 Å². The molecule has 1 aliphatic rings. The van der Waals surface area contributed by atoms with Gasteiger partial charge in [-0.25, -0.2) is 0 Å². The number of nitrogens with one attached hydrogen (secondary N) is 1. The number of hydrogen-bond donors (Lipinski definition) is 1. The number of nitrogens with zero attached hydrogens (tertiary/aromatic N) is 1. The number of ether oxygens (including phenoxy) is 1. The SMILES string of the molecule is CNCC(=O)N1CCCC1c1ccc(OC)cc1.Cl. The number of hydrogen-bond acceptors (Lipinski definition) is 3. The number of carbonyl (C=O) groups excluding carboxylic acids is 1. The zero-order chi connectivity index (χ0) is 13.0. The lowest BCUT2D eigenvalue weighted by Gasteiger charge is -2.25. The van der Waals surface area contributed by atoms with Crippen LogP contribution in [0.5, 0.6) is 5.75 Å². The summed E-state index contributed by atoms with van der Waals surface area (Å²) in [5.74, 6) is 1.03. The number of amides is 1. The van der Waals surface area contributed by atoms with Crippen molar-refractivity contribution in [3.8, 4) is 5.75 Å². The van der Waals surface area contributed by atoms with Crippen LogP contribution in [0.2, 0.25) is 0 Å². The maximum atomic E-state index is 12.0. The van der Waals surface area contributed by atoms with Gasteiger partial charge in [0.2, 0.25) is 5.91 Å². The van der Waals surface area contributed by atoms with Crippen LogP contribution in [0.15, 0.2) is 24.3 Å². The maximum absolute atomic E-state index is 12.0. The maximum Gasteiger partial charge on any atom is 0.237 e. The zero-order valence-corrected chi connectivity index (χ0v) is 12.2. The fraction of sp³-hybridized carbons (Fsp3) is 0.500. The molecule has 1 fully saturated rings. The van der Waals surface area contributed by atoms with Gasteiger partial charge in [-0.1, -0.05) is 12.1 Å². The van der Waals surface area contributed by atoms with Crippen molar-refractivity contribution in [2.45, 2.75) is 18.9 Å². The summed E-state index contributed by atoms with van der Waals surface area (Å²) >= 11 is 0. The van der Waals surface area contributed by atoms with Gasteiger partial charge in [0.25, 0.3) is 0 Å². The van der Waals surface area contributed by atoms with Gasteiger partial charge in [-0.05, 0) is 37.6 Å². The van der Waals surface area contributed by atoms with Gasteiger partial charge in [-0.15, -0.1) is 12.4 Å². The normalized spacial score (nSPS) is 18.0. The van der Waals surface area contributed by atoms with Crippen molar-refractivity contribution in [1.29, 1.82) is 0 Å². The first-order valence-corrected chi connectivity index (χ1v) is 6.34. The van der Waals surface area contributed by atoms with Crippen LogP contribution in [0.4, 0.5) is 0 Å². The van der Waals surface area contributed by atoms with Crippen LogP contribution in [0.3, 0.4) is 0 Å². The molecule has 0 aromatic heterocycles. The summed E-state index contributed by atoms with van der Waals surface area (Å²) in [7, 11) is 3.46. The Balaban J connectivity index is 0.00000180. The smallest absolute Gasteiger partial charge is 0.237 e. The molecule has 1 aromatic carbocycles. The molecule has 1 N–H and O–H groups in total. The Morgan fingerprint density at radius 1 is 1.42 bits per heavy atom. The largest absolute Gasteiger partial charge is 0.497 e. The zero-order valence-electron chi connectivity index (χ0n) is 11.4. The number of likely N-dealkylation sites (tertiary alicyclic amines) is 1. The van der Waals surface area contributed by atoms with Crippen molar-refractivity contribution < 1.29 is 9.53 Å². The molecule has 5 heteroatoms. The number of benzene rings is 1. The lowest BCUT2D eigenvalue weighted by atomic mass is 10.0. The van der Waals surface area contributed by atoms with Crippen LogP contribution >= 0.6 is 12.4 Å². The van der Waals surface area contributed by atoms with Crippen molar-refractivity contribution >= 4 is 18.3 Å². The van der Waals surface area contributed by atoms with Gasteiger partial charge < -0.3 is 15.0 Å². The highest BCUT2D eigenvalue weighted by Crippen LogP contribution is 2.32. The van der Waals surface area contributed by atoms with E-state index in [9.17, 15) is 4.79 Å². The molecule has 4 nitrogen and oxygen atoms in total. The summed E-state index contributed by atoms with van der Waals surface area (Å²) < 4.78 is 5.15. The van der Waals surface area contributed by atoms with E-state index in [0.717, 1.165) is 25.1 Å². The minimum absolute atomic E-state index is 0. The van der Waals surface area contributed by atoms with Crippen molar-refractivity contribution in [2.24, 2.45) is 0 Å². The monoisotopic (exact) mass is 284 g/mol. The highest BCUT2D eigenvalue weighted by molar-refractivity contribution is 5.85. The second kappa shape index (κ2) is 7.36. The molecule has 19 heavy (non-hydrogen) atoms. The fourth-order valence-corrected chi connectivity index (χ4v) is 2.49. The van der Waals surface area contributed by atoms with Crippen molar-refractivity contribution in [3.63, 3.8) is 0 Å². The third-order valence-corrected chi connectivity index (χ3v) is 3.40. The quantitative estimate of drug-likeness (QED) is 0.919. The fourth-order valence-electron chi connectivity index (χ4n) is 2.49. The molecule has 1 unspecified atom stereocenters. The van der Waals surface area contributed by atoms with Gasteiger partial charge in [0, 0.05) is 6.54 Å². The van der Waals surface area contributed by atoms with E-state index in [2.05, 4.69) is 17.4 Å². The van der Waals surface area contributed by atoms with Crippen molar-refractivity contribution in [1.82, 2.24) is 10.2 Å². The van der Waals surface area contributed by atoms with Gasteiger partial charge in [-0.3, -0.25) is 4.79 Å². The summed E-state index contributed by atoms with van der Waals surface area (Å²) in [5.41, 5.74) is 1.19. The van der Waals surface area contributed by atoms with Gasteiger partial charge in [0.05, 0.1) is 19.7 Å². The number of likely N-dealkylation sites (N-methyl/N-ethyl adjacent to an activating group) is 1. The first-order valence-electron chi connectivity index (χ1n) is 6.34. The molecule has 1 aromatic rings. The number of methoxy groups -OCH3 is 1. The lowest BCUT2D eigenvalue weighted by Crippen LogP contribution is -2.36. The van der Waals surface area contributed by atoms with Crippen LogP contribution in [0.25, 0.3) is 0 Å². The van der Waals surface area contributed by atoms with E-state index in [4.69, 9.17) is 4.74 Å². The molecule has 0 bridgehead atoms. The first kappa shape index (κ1) is 15.8. The van der Waals surface area contributed by atoms with E-state index < -0.39 is 0 Å². The molecule has 0 saturated carbocycles. The number of halogens is 1. The highest BCUT2D eigenvalue weighted by atomic mass is 35.5. The minimum atomic E-state index is 0. The average molecular weight is 285 g/mol. The molecule has 0 spiro atoms. The minimum Gasteiger partial charge on any atom is -0.497 e. The van der Waals surface area contributed by atoms with Crippen LogP contribution in [-0.4, -0.2) is 38.1 Å². The van der Waals surface area contributed by atoms with E-state index >= 15 is 0 Å². The summed E-state index contributed by atoms with van der Waals surface area (Å²) in [6.07, 6.45) is 2.12. The highest BCUT2D eigenvalue weighted by Gasteiger charge is 2.29. The molecule has 0 aliphatic carbocycles. The molecule has 1 heterocycles. The number of rotatable bonds is 4. The predicted molar refractivity (Wildman–Crippen MR) is 77.9 cm³/mol. The van der Waals surface area contributed by atoms with Crippen molar-refractivity contribution in [3.05, 3.63) is 29.8 Å². The van der Waals surface area contributed by atoms with E-state index in [0.29, 0.717) is 6.54 Å². The molecule has 1 aliphatic heterocycles. The number of carbonyl (C=O) groups is 1. The Morgan fingerprint density at radius 3 is 2.68 bits per heavy atom. The van der Waals surface area contributed by atoms with E-state index in [1.165, 1.54) is 5.56 Å². The van der Waals surface area contributed by atoms with Crippen LogP contribution in [0.1, 0.15) is 24.4 Å². The first-order chi connectivity index (χ1) is 8.76. The Bertz CT molecular complexity index is 408. The van der Waals surface area contributed by atoms with E-state index in [1.54, 1.807) is 14.2 Å². The second-order valence-corrected chi connectivity index (χ2v) is 4.55. The predicted octanol–water partition coefficient (Wildman–Crippen LogP) is 2.00. The lowest BCUT2D eigenvalue weighted by molar-refractivity contribution is -0.131. The van der Waals surface area contributed by atoms with Gasteiger partial charge >= 0.3 is 0 Å². The summed E-state index contributed by atoms with van der Waals surface area (Å²) in [5, 5.41) is 2.92. The van der Waals surface area contributed by atoms with E-state index in [1.807, 2.05) is 17.0 Å². The molecule has 1 atom stereocenters. The van der Waals surface area contributed by atoms with E-state index in [-0.39, 0.29) is 24.4 Å². The van der Waals surface area contributed by atoms with Crippen molar-refractivity contribution in [2.75, 3.05) is 27.2 Å². The van der Waals surface area contributed by atoms with Gasteiger partial charge in [0.15, 0.2) is 0 Å². The Hall–Kier alpha value is -1.26. The third kappa shape index (κ3) is 3.61. The van der Waals surface area contributed by atoms with Crippen LogP contribution in [-0.2, 0) is 4.79 Å². The Labute approximate surface area is 120 Å². The average Bonchev–Trinajstić information content (AvgIpc) is 2.88. The molecule has 106 valence electrons. The molecule has 1 amide bonds. The topological polar surface area (TPSA) is 41.6 Å². The molecular weight excluding hydrogens is 264 g/mol. The van der Waals surface area contributed by atoms with Crippen LogP contribution in [0, 0.1) is 0 Å². The third-order valence-electron chi connectivity index (χ3n) is 3.40. The Morgan fingerprint density at radius 2 is 2.11 bits per heavy atom. The summed E-state index contributed by atoms with van der Waals surface area (Å²) in [4.78, 5) is 14.0. The van der Waals surface area contributed by atoms with Gasteiger partial charge in [-0.2, -0.15) is 0 Å². The molecule has 1 saturated heterocycles. The van der Waals surface area contributed by atoms with Gasteiger partial charge in [0.1, 0.15) is 5.75 Å². The molecular formula is C14H21ClN2O2. The Kier molecular flexibility index (Phi) is 6.12. The summed E-state index contributed by atoms with van der Waals surface area (Å²) in [6.45, 7) is 1.27. The standard InChI is InChI=1S/C14H20N2O2.ClH/c1-15-10-14(17)16-9-3-4-13(16)11-5-7-12(18-2)8-6-11;/h5-8,13,15H,3-4,9-10H2,1-2H3;1H. The summed E-state index contributed by atoms with van der Waals surface area (Å²) in [6, 6.07) is 8.22. The second-order valence-electron chi connectivity index (χ2n) is 4.55. The molecule has 0 radical (unpaired) electrons.